The monoisotopic (exact) mass is 337 g/mol. The van der Waals surface area contributed by atoms with Crippen molar-refractivity contribution >= 4 is 12.0 Å². The summed E-state index contributed by atoms with van der Waals surface area (Å²) in [5, 5.41) is 0. The zero-order valence-electron chi connectivity index (χ0n) is 14.5. The van der Waals surface area contributed by atoms with Crippen LogP contribution >= 0.6 is 0 Å². The molecule has 0 spiro atoms. The molecule has 3 rings (SSSR count). The second-order valence-corrected chi connectivity index (χ2v) is 6.00. The van der Waals surface area contributed by atoms with Crippen LogP contribution in [0.2, 0.25) is 0 Å². The average Bonchev–Trinajstić information content (AvgIpc) is 2.69. The van der Waals surface area contributed by atoms with E-state index in [4.69, 9.17) is 4.74 Å². The first-order valence-electron chi connectivity index (χ1n) is 8.49. The summed E-state index contributed by atoms with van der Waals surface area (Å²) < 4.78 is 5.03. The first-order chi connectivity index (χ1) is 12.3. The Kier molecular flexibility index (Phi) is 5.80. The fraction of sp³-hybridized carbons (Fsp3) is 0.300. The maximum Gasteiger partial charge on any atom is 0.255 e. The van der Waals surface area contributed by atoms with Crippen molar-refractivity contribution in [2.45, 2.75) is 0 Å². The maximum atomic E-state index is 12.5. The number of carbonyl (C=O) groups is 1. The van der Waals surface area contributed by atoms with E-state index in [-0.39, 0.29) is 5.91 Å². The fourth-order valence-corrected chi connectivity index (χ4v) is 2.85. The summed E-state index contributed by atoms with van der Waals surface area (Å²) >= 11 is 0. The maximum absolute atomic E-state index is 12.5. The van der Waals surface area contributed by atoms with E-state index in [0.717, 1.165) is 32.7 Å². The number of carbonyl (C=O) groups excluding carboxylic acids is 1. The van der Waals surface area contributed by atoms with E-state index in [9.17, 15) is 4.79 Å². The molecular weight excluding hydrogens is 314 g/mol. The standard InChI is InChI=1S/C20H23N3O2/c1-25-19-10-9-18(16-21-19)20(24)23-14-12-22(13-15-23)11-5-8-17-6-3-2-4-7-17/h2-10,16H,11-15H2,1H3/b8-5+. The highest BCUT2D eigenvalue weighted by Crippen LogP contribution is 2.11. The summed E-state index contributed by atoms with van der Waals surface area (Å²) in [5.41, 5.74) is 1.82. The van der Waals surface area contributed by atoms with Gasteiger partial charge in [0.25, 0.3) is 5.91 Å². The van der Waals surface area contributed by atoms with Crippen molar-refractivity contribution in [1.82, 2.24) is 14.8 Å². The lowest BCUT2D eigenvalue weighted by atomic mass is 10.2. The van der Waals surface area contributed by atoms with Crippen molar-refractivity contribution in [1.29, 1.82) is 0 Å². The van der Waals surface area contributed by atoms with E-state index in [1.54, 1.807) is 25.4 Å². The molecule has 130 valence electrons. The predicted octanol–water partition coefficient (Wildman–Crippen LogP) is 2.56. The third-order valence-electron chi connectivity index (χ3n) is 4.33. The molecule has 25 heavy (non-hydrogen) atoms. The Hall–Kier alpha value is -2.66. The lowest BCUT2D eigenvalue weighted by Crippen LogP contribution is -2.48. The largest absolute Gasteiger partial charge is 0.481 e. The Labute approximate surface area is 148 Å². The van der Waals surface area contributed by atoms with Crippen molar-refractivity contribution in [2.75, 3.05) is 39.8 Å². The normalized spacial score (nSPS) is 15.5. The predicted molar refractivity (Wildman–Crippen MR) is 98.6 cm³/mol. The van der Waals surface area contributed by atoms with Crippen LogP contribution in [0.25, 0.3) is 6.08 Å². The Balaban J connectivity index is 1.47. The Morgan fingerprint density at radius 1 is 1.12 bits per heavy atom. The summed E-state index contributed by atoms with van der Waals surface area (Å²) in [7, 11) is 1.56. The summed E-state index contributed by atoms with van der Waals surface area (Å²) in [5.74, 6) is 0.557. The van der Waals surface area contributed by atoms with Crippen molar-refractivity contribution in [2.24, 2.45) is 0 Å². The first kappa shape index (κ1) is 17.2. The SMILES string of the molecule is COc1ccc(C(=O)N2CCN(C/C=C/c3ccccc3)CC2)cn1. The minimum atomic E-state index is 0.0367. The highest BCUT2D eigenvalue weighted by atomic mass is 16.5. The smallest absolute Gasteiger partial charge is 0.255 e. The molecule has 5 heteroatoms. The van der Waals surface area contributed by atoms with Crippen LogP contribution < -0.4 is 4.74 Å². The van der Waals surface area contributed by atoms with Gasteiger partial charge < -0.3 is 9.64 Å². The second kappa shape index (κ2) is 8.44. The molecule has 2 aromatic rings. The molecule has 1 aliphatic rings. The zero-order valence-corrected chi connectivity index (χ0v) is 14.5. The Bertz CT molecular complexity index is 705. The minimum absolute atomic E-state index is 0.0367. The molecule has 1 aliphatic heterocycles. The molecule has 1 amide bonds. The van der Waals surface area contributed by atoms with Gasteiger partial charge in [0.2, 0.25) is 5.88 Å². The number of aromatic nitrogens is 1. The zero-order chi connectivity index (χ0) is 17.5. The van der Waals surface area contributed by atoms with Crippen LogP contribution in [-0.4, -0.2) is 60.5 Å². The molecule has 1 aromatic heterocycles. The van der Waals surface area contributed by atoms with Crippen molar-refractivity contribution in [3.63, 3.8) is 0 Å². The summed E-state index contributed by atoms with van der Waals surface area (Å²) in [4.78, 5) is 20.9. The second-order valence-electron chi connectivity index (χ2n) is 6.00. The van der Waals surface area contributed by atoms with Gasteiger partial charge in [0.1, 0.15) is 0 Å². The van der Waals surface area contributed by atoms with Gasteiger partial charge in [-0.15, -0.1) is 0 Å². The third-order valence-corrected chi connectivity index (χ3v) is 4.33. The van der Waals surface area contributed by atoms with Crippen LogP contribution in [-0.2, 0) is 0 Å². The van der Waals surface area contributed by atoms with Gasteiger partial charge in [0.15, 0.2) is 0 Å². The molecule has 2 heterocycles. The van der Waals surface area contributed by atoms with Crippen LogP contribution in [0.1, 0.15) is 15.9 Å². The van der Waals surface area contributed by atoms with Crippen LogP contribution in [0.15, 0.2) is 54.7 Å². The number of pyridine rings is 1. The van der Waals surface area contributed by atoms with E-state index in [1.165, 1.54) is 5.56 Å². The van der Waals surface area contributed by atoms with E-state index in [1.807, 2.05) is 23.1 Å². The number of methoxy groups -OCH3 is 1. The van der Waals surface area contributed by atoms with E-state index < -0.39 is 0 Å². The Morgan fingerprint density at radius 2 is 1.88 bits per heavy atom. The van der Waals surface area contributed by atoms with Crippen LogP contribution in [0.5, 0.6) is 5.88 Å². The fourth-order valence-electron chi connectivity index (χ4n) is 2.85. The van der Waals surface area contributed by atoms with Gasteiger partial charge >= 0.3 is 0 Å². The number of ether oxygens (including phenoxy) is 1. The molecule has 0 radical (unpaired) electrons. The number of rotatable bonds is 5. The topological polar surface area (TPSA) is 45.7 Å². The lowest BCUT2D eigenvalue weighted by Gasteiger charge is -2.34. The third kappa shape index (κ3) is 4.67. The molecule has 0 saturated carbocycles. The van der Waals surface area contributed by atoms with E-state index in [2.05, 4.69) is 34.2 Å². The van der Waals surface area contributed by atoms with Crippen molar-refractivity contribution in [3.8, 4) is 5.88 Å². The molecule has 1 saturated heterocycles. The summed E-state index contributed by atoms with van der Waals surface area (Å²) in [6.45, 7) is 4.15. The van der Waals surface area contributed by atoms with Crippen LogP contribution in [0, 0.1) is 0 Å². The van der Waals surface area contributed by atoms with Gasteiger partial charge in [0.05, 0.1) is 12.7 Å². The summed E-state index contributed by atoms with van der Waals surface area (Å²) in [6, 6.07) is 13.8. The average molecular weight is 337 g/mol. The summed E-state index contributed by atoms with van der Waals surface area (Å²) in [6.07, 6.45) is 5.90. The van der Waals surface area contributed by atoms with E-state index in [0.29, 0.717) is 11.4 Å². The van der Waals surface area contributed by atoms with Gasteiger partial charge in [-0.1, -0.05) is 42.5 Å². The molecule has 0 atom stereocenters. The molecule has 1 fully saturated rings. The van der Waals surface area contributed by atoms with Crippen molar-refractivity contribution in [3.05, 3.63) is 65.9 Å². The number of piperazine rings is 1. The van der Waals surface area contributed by atoms with Gasteiger partial charge in [-0.25, -0.2) is 4.98 Å². The number of benzene rings is 1. The number of amides is 1. The molecule has 1 aromatic carbocycles. The molecule has 5 nitrogen and oxygen atoms in total. The molecule has 0 bridgehead atoms. The number of hydrogen-bond donors (Lipinski definition) is 0. The highest BCUT2D eigenvalue weighted by molar-refractivity contribution is 5.94. The Morgan fingerprint density at radius 3 is 2.52 bits per heavy atom. The molecule has 0 aliphatic carbocycles. The van der Waals surface area contributed by atoms with Gasteiger partial charge in [-0.2, -0.15) is 0 Å². The first-order valence-corrected chi connectivity index (χ1v) is 8.49. The molecule has 0 N–H and O–H groups in total. The van der Waals surface area contributed by atoms with Crippen LogP contribution in [0.3, 0.4) is 0 Å². The molecule has 0 unspecified atom stereocenters. The van der Waals surface area contributed by atoms with Crippen LogP contribution in [0.4, 0.5) is 0 Å². The quantitative estimate of drug-likeness (QED) is 0.841. The highest BCUT2D eigenvalue weighted by Gasteiger charge is 2.21. The number of nitrogens with zero attached hydrogens (tertiary/aromatic N) is 3. The lowest BCUT2D eigenvalue weighted by molar-refractivity contribution is 0.0650. The van der Waals surface area contributed by atoms with Gasteiger partial charge in [0, 0.05) is 45.0 Å². The molecular formula is C20H23N3O2. The van der Waals surface area contributed by atoms with Crippen molar-refractivity contribution < 1.29 is 9.53 Å². The van der Waals surface area contributed by atoms with E-state index >= 15 is 0 Å². The number of hydrogen-bond acceptors (Lipinski definition) is 4. The van der Waals surface area contributed by atoms with Gasteiger partial charge in [-0.05, 0) is 11.6 Å². The minimum Gasteiger partial charge on any atom is -0.481 e. The van der Waals surface area contributed by atoms with Gasteiger partial charge in [-0.3, -0.25) is 9.69 Å².